The summed E-state index contributed by atoms with van der Waals surface area (Å²) >= 11 is 0. The molecule has 2 heterocycles. The van der Waals surface area contributed by atoms with Gasteiger partial charge < -0.3 is 25.8 Å². The van der Waals surface area contributed by atoms with Crippen molar-refractivity contribution in [2.24, 2.45) is 5.73 Å². The topological polar surface area (TPSA) is 136 Å². The molecule has 0 bridgehead atoms. The van der Waals surface area contributed by atoms with Gasteiger partial charge in [-0.15, -0.1) is 5.10 Å². The number of ether oxygens (including phenoxy) is 1. The molecule has 35 heavy (non-hydrogen) atoms. The molecule has 13 heteroatoms. The van der Waals surface area contributed by atoms with Crippen LogP contribution in [0.3, 0.4) is 0 Å². The van der Waals surface area contributed by atoms with Crippen molar-refractivity contribution in [2.75, 3.05) is 20.2 Å². The first kappa shape index (κ1) is 27.9. The number of benzene rings is 1. The molecule has 1 aliphatic rings. The summed E-state index contributed by atoms with van der Waals surface area (Å²) in [6.07, 6.45) is -1.47. The van der Waals surface area contributed by atoms with Crippen molar-refractivity contribution in [1.82, 2.24) is 25.2 Å². The number of amides is 2. The van der Waals surface area contributed by atoms with Gasteiger partial charge in [0.2, 0.25) is 0 Å². The van der Waals surface area contributed by atoms with Crippen molar-refractivity contribution in [3.8, 4) is 5.75 Å². The van der Waals surface area contributed by atoms with Crippen LogP contribution in [0.25, 0.3) is 0 Å². The number of carbonyl (C=O) groups excluding carboxylic acids is 1. The molecule has 2 aromatic rings. The van der Waals surface area contributed by atoms with E-state index in [0.717, 1.165) is 29.8 Å². The number of halogens is 3. The number of carboxylic acids is 1. The molecule has 3 rings (SSSR count). The van der Waals surface area contributed by atoms with E-state index < -0.39 is 17.7 Å². The van der Waals surface area contributed by atoms with Crippen LogP contribution in [0.1, 0.15) is 57.0 Å². The number of methoxy groups -OCH3 is 1. The van der Waals surface area contributed by atoms with E-state index in [1.807, 2.05) is 60.8 Å². The first-order valence-electron chi connectivity index (χ1n) is 10.9. The molecule has 0 unspecified atom stereocenters. The number of piperidine rings is 1. The number of alkyl halides is 3. The highest BCUT2D eigenvalue weighted by atomic mass is 19.4. The fraction of sp³-hybridized carbons (Fsp3) is 0.545. The van der Waals surface area contributed by atoms with E-state index in [0.29, 0.717) is 13.1 Å². The van der Waals surface area contributed by atoms with Gasteiger partial charge in [0.25, 0.3) is 0 Å². The summed E-state index contributed by atoms with van der Waals surface area (Å²) in [7, 11) is 1.64. The molecule has 10 nitrogen and oxygen atoms in total. The number of rotatable bonds is 5. The second-order valence-corrected chi connectivity index (χ2v) is 8.77. The van der Waals surface area contributed by atoms with Gasteiger partial charge in [-0.25, -0.2) is 14.3 Å². The molecule has 2 amide bonds. The highest BCUT2D eigenvalue weighted by Crippen LogP contribution is 2.24. The van der Waals surface area contributed by atoms with Crippen molar-refractivity contribution >= 4 is 12.0 Å². The zero-order valence-corrected chi connectivity index (χ0v) is 20.0. The number of carboxylic acid groups (broad SMARTS) is 1. The van der Waals surface area contributed by atoms with E-state index in [1.54, 1.807) is 7.11 Å². The number of nitrogens with one attached hydrogen (secondary N) is 1. The molecule has 1 saturated heterocycles. The number of aromatic nitrogens is 3. The van der Waals surface area contributed by atoms with Gasteiger partial charge in [0.05, 0.1) is 30.9 Å². The minimum atomic E-state index is -5.08. The number of likely N-dealkylation sites (tertiary alicyclic amines) is 1. The number of nitrogens with two attached hydrogens (primary N) is 1. The molecule has 1 aromatic carbocycles. The van der Waals surface area contributed by atoms with Crippen LogP contribution in [0, 0.1) is 0 Å². The molecule has 1 atom stereocenters. The average molecular weight is 501 g/mol. The summed E-state index contributed by atoms with van der Waals surface area (Å²) in [6.45, 7) is 7.19. The maximum absolute atomic E-state index is 12.6. The highest BCUT2D eigenvalue weighted by molar-refractivity contribution is 5.74. The number of carbonyl (C=O) groups is 2. The molecule has 4 N–H and O–H groups in total. The smallest absolute Gasteiger partial charge is 0.490 e. The Morgan fingerprint density at radius 3 is 2.17 bits per heavy atom. The van der Waals surface area contributed by atoms with Crippen LogP contribution < -0.4 is 15.8 Å². The van der Waals surface area contributed by atoms with Crippen molar-refractivity contribution in [3.63, 3.8) is 0 Å². The van der Waals surface area contributed by atoms with E-state index in [1.165, 1.54) is 0 Å². The van der Waals surface area contributed by atoms with Gasteiger partial charge in [0.1, 0.15) is 11.4 Å². The quantitative estimate of drug-likeness (QED) is 0.574. The normalized spacial score (nSPS) is 15.6. The summed E-state index contributed by atoms with van der Waals surface area (Å²) in [5, 5.41) is 18.6. The third-order valence-corrected chi connectivity index (χ3v) is 5.49. The molecule has 194 valence electrons. The van der Waals surface area contributed by atoms with Crippen molar-refractivity contribution < 1.29 is 32.6 Å². The first-order valence-corrected chi connectivity index (χ1v) is 10.9. The lowest BCUT2D eigenvalue weighted by atomic mass is 10.0. The van der Waals surface area contributed by atoms with Crippen LogP contribution in [-0.4, -0.2) is 63.4 Å². The average Bonchev–Trinajstić information content (AvgIpc) is 3.30. The van der Waals surface area contributed by atoms with Crippen molar-refractivity contribution in [3.05, 3.63) is 41.7 Å². The van der Waals surface area contributed by atoms with Crippen LogP contribution in [0.2, 0.25) is 0 Å². The standard InChI is InChI=1S/C20H30N6O2.C2HF3O2/c1-14(15-5-7-17(28-4)8-6-15)22-19(27)25-11-9-16(10-12-25)26-13-18(23-24-26)20(2,3)21;3-2(4,5)1(6)7/h5-8,13-14,16H,9-12,21H2,1-4H3,(H,22,27);(H,6,7)/t14-;/m1./s1. The minimum Gasteiger partial charge on any atom is -0.497 e. The van der Waals surface area contributed by atoms with E-state index in [-0.39, 0.29) is 18.1 Å². The zero-order valence-electron chi connectivity index (χ0n) is 20.0. The van der Waals surface area contributed by atoms with E-state index in [4.69, 9.17) is 20.4 Å². The Hall–Kier alpha value is -3.35. The third kappa shape index (κ3) is 8.12. The predicted molar refractivity (Wildman–Crippen MR) is 121 cm³/mol. The Bertz CT molecular complexity index is 980. The van der Waals surface area contributed by atoms with Gasteiger partial charge in [-0.3, -0.25) is 0 Å². The molecule has 0 spiro atoms. The third-order valence-electron chi connectivity index (χ3n) is 5.49. The number of aliphatic carboxylic acids is 1. The second kappa shape index (κ2) is 11.4. The second-order valence-electron chi connectivity index (χ2n) is 8.77. The van der Waals surface area contributed by atoms with E-state index in [9.17, 15) is 18.0 Å². The van der Waals surface area contributed by atoms with Gasteiger partial charge in [-0.1, -0.05) is 17.3 Å². The van der Waals surface area contributed by atoms with E-state index >= 15 is 0 Å². The van der Waals surface area contributed by atoms with Crippen molar-refractivity contribution in [2.45, 2.75) is 57.4 Å². The van der Waals surface area contributed by atoms with Gasteiger partial charge in [-0.05, 0) is 51.3 Å². The van der Waals surface area contributed by atoms with Gasteiger partial charge >= 0.3 is 18.2 Å². The summed E-state index contributed by atoms with van der Waals surface area (Å²) in [5.41, 5.74) is 7.41. The Kier molecular flexibility index (Phi) is 9.07. The largest absolute Gasteiger partial charge is 0.497 e. The van der Waals surface area contributed by atoms with Gasteiger partial charge in [0.15, 0.2) is 0 Å². The fourth-order valence-corrected chi connectivity index (χ4v) is 3.34. The molecule has 1 aliphatic heterocycles. The number of hydrogen-bond donors (Lipinski definition) is 3. The molecular formula is C22H31F3N6O4. The van der Waals surface area contributed by atoms with E-state index in [2.05, 4.69) is 15.6 Å². The number of hydrogen-bond acceptors (Lipinski definition) is 6. The van der Waals surface area contributed by atoms with Gasteiger partial charge in [0, 0.05) is 13.1 Å². The number of nitrogens with zero attached hydrogens (tertiary/aromatic N) is 4. The Morgan fingerprint density at radius 1 is 1.20 bits per heavy atom. The van der Waals surface area contributed by atoms with Crippen LogP contribution in [-0.2, 0) is 10.3 Å². The molecule has 1 fully saturated rings. The Balaban J connectivity index is 0.000000540. The minimum absolute atomic E-state index is 0.0378. The summed E-state index contributed by atoms with van der Waals surface area (Å²) in [6, 6.07) is 7.88. The van der Waals surface area contributed by atoms with Crippen LogP contribution >= 0.6 is 0 Å². The lowest BCUT2D eigenvalue weighted by Crippen LogP contribution is -2.45. The maximum atomic E-state index is 12.6. The molecular weight excluding hydrogens is 469 g/mol. The number of urea groups is 1. The molecule has 0 aliphatic carbocycles. The van der Waals surface area contributed by atoms with Crippen LogP contribution in [0.5, 0.6) is 5.75 Å². The highest BCUT2D eigenvalue weighted by Gasteiger charge is 2.38. The Labute approximate surface area is 201 Å². The van der Waals surface area contributed by atoms with Gasteiger partial charge in [-0.2, -0.15) is 13.2 Å². The monoisotopic (exact) mass is 500 g/mol. The summed E-state index contributed by atoms with van der Waals surface area (Å²) < 4.78 is 38.8. The SMILES string of the molecule is COc1ccc([C@@H](C)NC(=O)N2CCC(n3cc(C(C)(C)N)nn3)CC2)cc1.O=C(O)C(F)(F)F. The first-order chi connectivity index (χ1) is 16.2. The fourth-order valence-electron chi connectivity index (χ4n) is 3.34. The molecule has 1 aromatic heterocycles. The summed E-state index contributed by atoms with van der Waals surface area (Å²) in [4.78, 5) is 23.4. The van der Waals surface area contributed by atoms with Crippen LogP contribution in [0.15, 0.2) is 30.5 Å². The van der Waals surface area contributed by atoms with Crippen LogP contribution in [0.4, 0.5) is 18.0 Å². The lowest BCUT2D eigenvalue weighted by Gasteiger charge is -2.32. The zero-order chi connectivity index (χ0) is 26.4. The molecule has 0 radical (unpaired) electrons. The summed E-state index contributed by atoms with van der Waals surface area (Å²) in [5.74, 6) is -1.95. The van der Waals surface area contributed by atoms with Crippen molar-refractivity contribution in [1.29, 1.82) is 0 Å². The maximum Gasteiger partial charge on any atom is 0.490 e. The predicted octanol–water partition coefficient (Wildman–Crippen LogP) is 3.22. The lowest BCUT2D eigenvalue weighted by molar-refractivity contribution is -0.192. The Morgan fingerprint density at radius 2 is 1.74 bits per heavy atom. The molecule has 0 saturated carbocycles.